The number of rotatable bonds is 3. The number of imidazole rings is 1. The highest BCUT2D eigenvalue weighted by Crippen LogP contribution is 2.26. The minimum atomic E-state index is 0.131. The summed E-state index contributed by atoms with van der Waals surface area (Å²) in [6.07, 6.45) is 5.75. The average molecular weight is 353 g/mol. The molecule has 2 saturated heterocycles. The van der Waals surface area contributed by atoms with Crippen molar-refractivity contribution in [2.24, 2.45) is 0 Å². The fourth-order valence-electron chi connectivity index (χ4n) is 3.95. The molecule has 1 aromatic heterocycles. The van der Waals surface area contributed by atoms with Crippen molar-refractivity contribution in [2.45, 2.75) is 18.8 Å². The molecule has 1 amide bonds. The van der Waals surface area contributed by atoms with Gasteiger partial charge in [-0.25, -0.2) is 4.98 Å². The number of piperazine rings is 1. The minimum Gasteiger partial charge on any atom is -0.369 e. The minimum absolute atomic E-state index is 0.131. The van der Waals surface area contributed by atoms with Crippen LogP contribution in [0, 0.1) is 0 Å². The zero-order chi connectivity index (χ0) is 17.9. The van der Waals surface area contributed by atoms with Crippen molar-refractivity contribution >= 4 is 11.6 Å². The first-order valence-electron chi connectivity index (χ1n) is 9.53. The van der Waals surface area contributed by atoms with Gasteiger partial charge in [-0.2, -0.15) is 0 Å². The molecule has 0 bridgehead atoms. The van der Waals surface area contributed by atoms with E-state index in [4.69, 9.17) is 0 Å². The summed E-state index contributed by atoms with van der Waals surface area (Å²) < 4.78 is 0. The molecule has 2 fully saturated rings. The van der Waals surface area contributed by atoms with Gasteiger partial charge < -0.3 is 19.7 Å². The van der Waals surface area contributed by atoms with Crippen LogP contribution in [0.3, 0.4) is 0 Å². The SMILES string of the molecule is CN1CCN(c2ccc(C(=O)N3CCC[C@H](c4ncc[nH]4)C3)cc2)CC1. The number of hydrogen-bond acceptors (Lipinski definition) is 4. The number of H-pyrrole nitrogens is 1. The molecule has 4 rings (SSSR count). The molecule has 2 aliphatic rings. The van der Waals surface area contributed by atoms with Gasteiger partial charge in [0.05, 0.1) is 0 Å². The molecule has 6 nitrogen and oxygen atoms in total. The lowest BCUT2D eigenvalue weighted by molar-refractivity contribution is 0.0705. The molecule has 3 heterocycles. The Kier molecular flexibility index (Phi) is 4.93. The molecule has 0 unspecified atom stereocenters. The van der Waals surface area contributed by atoms with E-state index in [1.807, 2.05) is 23.2 Å². The third-order valence-electron chi connectivity index (χ3n) is 5.60. The van der Waals surface area contributed by atoms with E-state index in [0.29, 0.717) is 5.92 Å². The van der Waals surface area contributed by atoms with Crippen molar-refractivity contribution in [3.63, 3.8) is 0 Å². The third-order valence-corrected chi connectivity index (χ3v) is 5.60. The molecular weight excluding hydrogens is 326 g/mol. The normalized spacial score (nSPS) is 21.8. The number of likely N-dealkylation sites (N-methyl/N-ethyl adjacent to an activating group) is 1. The van der Waals surface area contributed by atoms with E-state index < -0.39 is 0 Å². The number of hydrogen-bond donors (Lipinski definition) is 1. The highest BCUT2D eigenvalue weighted by atomic mass is 16.2. The fraction of sp³-hybridized carbons (Fsp3) is 0.500. The summed E-state index contributed by atoms with van der Waals surface area (Å²) in [5, 5.41) is 0. The van der Waals surface area contributed by atoms with Crippen LogP contribution in [-0.2, 0) is 0 Å². The lowest BCUT2D eigenvalue weighted by Gasteiger charge is -2.34. The van der Waals surface area contributed by atoms with Crippen molar-refractivity contribution in [3.8, 4) is 0 Å². The summed E-state index contributed by atoms with van der Waals surface area (Å²) in [5.74, 6) is 1.44. The smallest absolute Gasteiger partial charge is 0.253 e. The Hall–Kier alpha value is -2.34. The molecule has 26 heavy (non-hydrogen) atoms. The Morgan fingerprint density at radius 3 is 2.58 bits per heavy atom. The van der Waals surface area contributed by atoms with Gasteiger partial charge in [-0.3, -0.25) is 4.79 Å². The van der Waals surface area contributed by atoms with Crippen LogP contribution in [-0.4, -0.2) is 72.0 Å². The van der Waals surface area contributed by atoms with Gasteiger partial charge in [-0.05, 0) is 44.2 Å². The maximum Gasteiger partial charge on any atom is 0.253 e. The van der Waals surface area contributed by atoms with E-state index in [-0.39, 0.29) is 5.91 Å². The largest absolute Gasteiger partial charge is 0.369 e. The Labute approximate surface area is 154 Å². The lowest BCUT2D eigenvalue weighted by Crippen LogP contribution is -2.44. The van der Waals surface area contributed by atoms with Gasteiger partial charge in [-0.15, -0.1) is 0 Å². The molecule has 2 aromatic rings. The second-order valence-electron chi connectivity index (χ2n) is 7.40. The number of likely N-dealkylation sites (tertiary alicyclic amines) is 1. The number of carbonyl (C=O) groups is 1. The molecular formula is C20H27N5O. The summed E-state index contributed by atoms with van der Waals surface area (Å²) in [6, 6.07) is 8.14. The zero-order valence-corrected chi connectivity index (χ0v) is 15.4. The number of aromatic amines is 1. The van der Waals surface area contributed by atoms with Gasteiger partial charge in [0, 0.05) is 68.8 Å². The molecule has 138 valence electrons. The van der Waals surface area contributed by atoms with Crippen LogP contribution in [0.1, 0.15) is 34.9 Å². The average Bonchev–Trinajstić information content (AvgIpc) is 3.23. The van der Waals surface area contributed by atoms with E-state index in [0.717, 1.165) is 63.5 Å². The van der Waals surface area contributed by atoms with E-state index in [9.17, 15) is 4.79 Å². The van der Waals surface area contributed by atoms with Crippen molar-refractivity contribution in [1.29, 1.82) is 0 Å². The maximum atomic E-state index is 12.9. The number of carbonyl (C=O) groups excluding carboxylic acids is 1. The van der Waals surface area contributed by atoms with Crippen LogP contribution in [0.15, 0.2) is 36.7 Å². The van der Waals surface area contributed by atoms with Gasteiger partial charge in [0.25, 0.3) is 5.91 Å². The topological polar surface area (TPSA) is 55.5 Å². The Morgan fingerprint density at radius 2 is 1.88 bits per heavy atom. The second-order valence-corrected chi connectivity index (χ2v) is 7.40. The molecule has 0 spiro atoms. The summed E-state index contributed by atoms with van der Waals surface area (Å²) in [7, 11) is 2.16. The van der Waals surface area contributed by atoms with Crippen LogP contribution in [0.2, 0.25) is 0 Å². The predicted molar refractivity (Wildman–Crippen MR) is 103 cm³/mol. The number of nitrogens with one attached hydrogen (secondary N) is 1. The first-order chi connectivity index (χ1) is 12.7. The first kappa shape index (κ1) is 17.1. The quantitative estimate of drug-likeness (QED) is 0.919. The van der Waals surface area contributed by atoms with Gasteiger partial charge in [0.15, 0.2) is 0 Å². The highest BCUT2D eigenvalue weighted by Gasteiger charge is 2.27. The van der Waals surface area contributed by atoms with Crippen LogP contribution < -0.4 is 4.90 Å². The van der Waals surface area contributed by atoms with E-state index in [1.54, 1.807) is 6.20 Å². The molecule has 1 N–H and O–H groups in total. The second kappa shape index (κ2) is 7.50. The number of nitrogens with zero attached hydrogens (tertiary/aromatic N) is 4. The molecule has 0 aliphatic carbocycles. The maximum absolute atomic E-state index is 12.9. The highest BCUT2D eigenvalue weighted by molar-refractivity contribution is 5.94. The van der Waals surface area contributed by atoms with Crippen molar-refractivity contribution in [1.82, 2.24) is 19.8 Å². The van der Waals surface area contributed by atoms with E-state index in [2.05, 4.69) is 38.9 Å². The number of piperidine rings is 1. The predicted octanol–water partition coefficient (Wildman–Crippen LogP) is 2.18. The van der Waals surface area contributed by atoms with Crippen LogP contribution in [0.4, 0.5) is 5.69 Å². The lowest BCUT2D eigenvalue weighted by atomic mass is 9.96. The van der Waals surface area contributed by atoms with Crippen molar-refractivity contribution in [3.05, 3.63) is 48.0 Å². The first-order valence-corrected chi connectivity index (χ1v) is 9.53. The summed E-state index contributed by atoms with van der Waals surface area (Å²) >= 11 is 0. The Balaban J connectivity index is 1.41. The number of benzene rings is 1. The van der Waals surface area contributed by atoms with Crippen molar-refractivity contribution < 1.29 is 4.79 Å². The van der Waals surface area contributed by atoms with Gasteiger partial charge in [0.1, 0.15) is 5.82 Å². The van der Waals surface area contributed by atoms with Crippen LogP contribution >= 0.6 is 0 Å². The zero-order valence-electron chi connectivity index (χ0n) is 15.4. The Morgan fingerprint density at radius 1 is 1.12 bits per heavy atom. The van der Waals surface area contributed by atoms with E-state index in [1.165, 1.54) is 5.69 Å². The number of anilines is 1. The Bertz CT molecular complexity index is 719. The molecule has 2 aliphatic heterocycles. The number of aromatic nitrogens is 2. The van der Waals surface area contributed by atoms with Gasteiger partial charge >= 0.3 is 0 Å². The van der Waals surface area contributed by atoms with E-state index >= 15 is 0 Å². The summed E-state index contributed by atoms with van der Waals surface area (Å²) in [4.78, 5) is 27.2. The number of amides is 1. The molecule has 0 radical (unpaired) electrons. The van der Waals surface area contributed by atoms with Gasteiger partial charge in [0.2, 0.25) is 0 Å². The summed E-state index contributed by atoms with van der Waals surface area (Å²) in [5.41, 5.74) is 1.99. The molecule has 1 atom stereocenters. The standard InChI is InChI=1S/C20H27N5O/c1-23-11-13-24(14-12-23)18-6-4-16(5-7-18)20(26)25-10-2-3-17(15-25)19-21-8-9-22-19/h4-9,17H,2-3,10-15H2,1H3,(H,21,22)/t17-/m0/s1. The fourth-order valence-corrected chi connectivity index (χ4v) is 3.95. The van der Waals surface area contributed by atoms with Gasteiger partial charge in [-0.1, -0.05) is 0 Å². The summed E-state index contributed by atoms with van der Waals surface area (Å²) in [6.45, 7) is 5.83. The van der Waals surface area contributed by atoms with Crippen LogP contribution in [0.5, 0.6) is 0 Å². The molecule has 6 heteroatoms. The van der Waals surface area contributed by atoms with Crippen LogP contribution in [0.25, 0.3) is 0 Å². The molecule has 0 saturated carbocycles. The molecule has 1 aromatic carbocycles. The van der Waals surface area contributed by atoms with Crippen molar-refractivity contribution in [2.75, 3.05) is 51.2 Å². The third kappa shape index (κ3) is 3.60. The monoisotopic (exact) mass is 353 g/mol.